The lowest BCUT2D eigenvalue weighted by Crippen LogP contribution is -2.54. The maximum atomic E-state index is 12.7. The molecule has 4 saturated carbocycles. The first kappa shape index (κ1) is 17.3. The largest absolute Gasteiger partial charge is 0.481 e. The van der Waals surface area contributed by atoms with Gasteiger partial charge in [-0.05, 0) is 80.0 Å². The van der Waals surface area contributed by atoms with Crippen LogP contribution in [0.4, 0.5) is 0 Å². The summed E-state index contributed by atoms with van der Waals surface area (Å²) in [5.74, 6) is 0.841. The highest BCUT2D eigenvalue weighted by atomic mass is 16.4. The van der Waals surface area contributed by atoms with E-state index in [0.29, 0.717) is 17.6 Å². The smallest absolute Gasteiger partial charge is 0.303 e. The Kier molecular flexibility index (Phi) is 3.45. The first-order valence-corrected chi connectivity index (χ1v) is 10.0. The number of carboxylic acids is 1. The molecule has 6 atom stereocenters. The third-order valence-electron chi connectivity index (χ3n) is 9.54. The van der Waals surface area contributed by atoms with Crippen molar-refractivity contribution >= 4 is 11.8 Å². The van der Waals surface area contributed by atoms with Crippen LogP contribution in [-0.4, -0.2) is 16.9 Å². The number of allylic oxidation sites excluding steroid dienone is 1. The van der Waals surface area contributed by atoms with Crippen molar-refractivity contribution in [2.75, 3.05) is 0 Å². The molecule has 0 heterocycles. The molecule has 0 bridgehead atoms. The van der Waals surface area contributed by atoms with Crippen LogP contribution in [0.1, 0.15) is 78.6 Å². The van der Waals surface area contributed by atoms with Gasteiger partial charge in [0.05, 0.1) is 0 Å². The van der Waals surface area contributed by atoms with Crippen LogP contribution in [0, 0.1) is 33.5 Å². The predicted molar refractivity (Wildman–Crippen MR) is 97.1 cm³/mol. The van der Waals surface area contributed by atoms with Crippen LogP contribution in [0.15, 0.2) is 12.2 Å². The van der Waals surface area contributed by atoms with Crippen LogP contribution in [0.2, 0.25) is 0 Å². The molecule has 0 aromatic carbocycles. The van der Waals surface area contributed by atoms with E-state index in [1.807, 2.05) is 0 Å². The molecule has 1 N–H and O–H groups in total. The fourth-order valence-corrected chi connectivity index (χ4v) is 8.04. The number of ketones is 1. The van der Waals surface area contributed by atoms with Gasteiger partial charge in [-0.3, -0.25) is 9.59 Å². The third kappa shape index (κ3) is 1.88. The summed E-state index contributed by atoms with van der Waals surface area (Å²) in [6.45, 7) is 11.0. The molecule has 6 unspecified atom stereocenters. The Morgan fingerprint density at radius 1 is 1.24 bits per heavy atom. The van der Waals surface area contributed by atoms with Crippen LogP contribution >= 0.6 is 0 Å². The van der Waals surface area contributed by atoms with Gasteiger partial charge in [0, 0.05) is 18.3 Å². The Balaban J connectivity index is 1.73. The molecule has 138 valence electrons. The van der Waals surface area contributed by atoms with Crippen molar-refractivity contribution in [1.29, 1.82) is 0 Å². The molecule has 4 aliphatic rings. The summed E-state index contributed by atoms with van der Waals surface area (Å²) in [5, 5.41) is 9.31. The number of Topliss-reactive ketones (excluding diaryl/α,β-unsaturated/α-hetero) is 1. The van der Waals surface area contributed by atoms with Crippen LogP contribution in [0.3, 0.4) is 0 Å². The molecule has 0 aromatic rings. The Morgan fingerprint density at radius 2 is 1.96 bits per heavy atom. The Bertz CT molecular complexity index is 666. The van der Waals surface area contributed by atoms with Crippen LogP contribution in [-0.2, 0) is 9.59 Å². The third-order valence-corrected chi connectivity index (χ3v) is 9.54. The highest BCUT2D eigenvalue weighted by molar-refractivity contribution is 5.88. The van der Waals surface area contributed by atoms with Crippen molar-refractivity contribution in [3.05, 3.63) is 12.2 Å². The number of hydrogen-bond donors (Lipinski definition) is 1. The second-order valence-corrected chi connectivity index (χ2v) is 10.1. The molecule has 0 aromatic heterocycles. The SMILES string of the molecule is C=C(C)C1CCC2C3(C)CCC(=O)C3(C)CCC23CC13CCC(=O)O. The second-order valence-electron chi connectivity index (χ2n) is 10.1. The van der Waals surface area contributed by atoms with Gasteiger partial charge in [-0.15, -0.1) is 0 Å². The van der Waals surface area contributed by atoms with E-state index in [1.54, 1.807) is 0 Å². The van der Waals surface area contributed by atoms with Crippen LogP contribution in [0.5, 0.6) is 0 Å². The summed E-state index contributed by atoms with van der Waals surface area (Å²) in [7, 11) is 0. The van der Waals surface area contributed by atoms with Crippen LogP contribution in [0.25, 0.3) is 0 Å². The number of hydrogen-bond acceptors (Lipinski definition) is 2. The fraction of sp³-hybridized carbons (Fsp3) is 0.818. The maximum Gasteiger partial charge on any atom is 0.303 e. The molecular weight excluding hydrogens is 312 g/mol. The molecule has 4 fully saturated rings. The van der Waals surface area contributed by atoms with E-state index < -0.39 is 5.97 Å². The monoisotopic (exact) mass is 344 g/mol. The quantitative estimate of drug-likeness (QED) is 0.730. The summed E-state index contributed by atoms with van der Waals surface area (Å²) >= 11 is 0. The van der Waals surface area contributed by atoms with Crippen molar-refractivity contribution in [1.82, 2.24) is 0 Å². The lowest BCUT2D eigenvalue weighted by atomic mass is 9.45. The standard InChI is InChI=1S/C22H32O3/c1-14(2)15-5-6-16-19(3)9-7-17(23)20(19,4)11-12-22(16)13-21(15,22)10-8-18(24)25/h15-16H,1,5-13H2,2-4H3,(H,24,25). The first-order valence-electron chi connectivity index (χ1n) is 10.0. The molecule has 3 nitrogen and oxygen atoms in total. The average Bonchev–Trinajstić information content (AvgIpc) is 3.16. The molecule has 0 saturated heterocycles. The number of rotatable bonds is 4. The Hall–Kier alpha value is -1.12. The molecule has 0 amide bonds. The first-order chi connectivity index (χ1) is 11.6. The lowest BCUT2D eigenvalue weighted by molar-refractivity contribution is -0.144. The van der Waals surface area contributed by atoms with Gasteiger partial charge in [-0.2, -0.15) is 0 Å². The van der Waals surface area contributed by atoms with E-state index in [-0.39, 0.29) is 28.1 Å². The minimum Gasteiger partial charge on any atom is -0.481 e. The minimum atomic E-state index is -0.679. The van der Waals surface area contributed by atoms with E-state index in [0.717, 1.165) is 44.9 Å². The highest BCUT2D eigenvalue weighted by Gasteiger charge is 2.80. The van der Waals surface area contributed by atoms with E-state index >= 15 is 0 Å². The van der Waals surface area contributed by atoms with Crippen molar-refractivity contribution in [2.45, 2.75) is 78.6 Å². The fourth-order valence-electron chi connectivity index (χ4n) is 8.04. The number of fused-ring (bicyclic) bond motifs is 2. The summed E-state index contributed by atoms with van der Waals surface area (Å²) in [6, 6.07) is 0. The topological polar surface area (TPSA) is 54.4 Å². The van der Waals surface area contributed by atoms with Gasteiger partial charge in [0.15, 0.2) is 0 Å². The van der Waals surface area contributed by atoms with Crippen LogP contribution < -0.4 is 0 Å². The van der Waals surface area contributed by atoms with Gasteiger partial charge < -0.3 is 5.11 Å². The Morgan fingerprint density at radius 3 is 2.60 bits per heavy atom. The highest BCUT2D eigenvalue weighted by Crippen LogP contribution is 2.86. The van der Waals surface area contributed by atoms with Gasteiger partial charge >= 0.3 is 5.97 Å². The van der Waals surface area contributed by atoms with Crippen molar-refractivity contribution in [3.8, 4) is 0 Å². The number of carboxylic acid groups (broad SMARTS) is 1. The number of carbonyl (C=O) groups is 2. The molecule has 25 heavy (non-hydrogen) atoms. The summed E-state index contributed by atoms with van der Waals surface area (Å²) in [5.41, 5.74) is 1.59. The Labute approximate surface area is 151 Å². The molecule has 3 heteroatoms. The minimum absolute atomic E-state index is 0.105. The van der Waals surface area contributed by atoms with E-state index in [4.69, 9.17) is 0 Å². The molecule has 1 spiro atoms. The van der Waals surface area contributed by atoms with Gasteiger partial charge in [0.25, 0.3) is 0 Å². The number of carbonyl (C=O) groups excluding carboxylic acids is 1. The molecule has 0 aliphatic heterocycles. The van der Waals surface area contributed by atoms with Gasteiger partial charge in [0.1, 0.15) is 5.78 Å². The van der Waals surface area contributed by atoms with Gasteiger partial charge in [-0.25, -0.2) is 0 Å². The lowest BCUT2D eigenvalue weighted by Gasteiger charge is -2.58. The van der Waals surface area contributed by atoms with Gasteiger partial charge in [-0.1, -0.05) is 26.0 Å². The molecule has 4 aliphatic carbocycles. The summed E-state index contributed by atoms with van der Waals surface area (Å²) < 4.78 is 0. The van der Waals surface area contributed by atoms with E-state index in [9.17, 15) is 14.7 Å². The summed E-state index contributed by atoms with van der Waals surface area (Å²) in [6.07, 6.45) is 8.41. The zero-order chi connectivity index (χ0) is 18.3. The average molecular weight is 344 g/mol. The van der Waals surface area contributed by atoms with E-state index in [1.165, 1.54) is 12.0 Å². The maximum absolute atomic E-state index is 12.7. The van der Waals surface area contributed by atoms with Gasteiger partial charge in [0.2, 0.25) is 0 Å². The predicted octanol–water partition coefficient (Wildman–Crippen LogP) is 5.00. The van der Waals surface area contributed by atoms with E-state index in [2.05, 4.69) is 27.4 Å². The van der Waals surface area contributed by atoms with Crippen molar-refractivity contribution in [2.24, 2.45) is 33.5 Å². The van der Waals surface area contributed by atoms with Crippen molar-refractivity contribution < 1.29 is 14.7 Å². The normalized spacial score (nSPS) is 50.6. The van der Waals surface area contributed by atoms with Crippen molar-refractivity contribution in [3.63, 3.8) is 0 Å². The zero-order valence-electron chi connectivity index (χ0n) is 16.0. The second kappa shape index (κ2) is 4.98. The summed E-state index contributed by atoms with van der Waals surface area (Å²) in [4.78, 5) is 24.0. The number of aliphatic carboxylic acids is 1. The molecular formula is C22H32O3. The molecule has 0 radical (unpaired) electrons. The molecule has 4 rings (SSSR count). The zero-order valence-corrected chi connectivity index (χ0v) is 16.0.